The van der Waals surface area contributed by atoms with Gasteiger partial charge in [0.15, 0.2) is 0 Å². The number of aliphatic carboxylic acids is 1. The number of carbonyl (C=O) groups excluding carboxylic acids is 2. The number of nitrogens with one attached hydrogen (secondary N) is 3. The van der Waals surface area contributed by atoms with E-state index in [1.807, 2.05) is 18.6 Å². The Kier molecular flexibility index (Phi) is 11.2. The standard InChI is InChI=1S/C36H34F2N6O8S/c1-4-21(5-2)32(45)40-22-8-12-24(13-9-22)53(51,52)42-29-18-27(37)26(17-28(29)38)33(46)41-30(35(48)49)16-20-6-10-23(11-7-20)44-34(47)25-14-15-39-19-31(25)43(3)36(44)50/h6-15,17-19,21,30,42H,4-5,16H2,1-3H3,(H,40,45)(H,41,46)(H,48,49)/t30-/m0/s1. The summed E-state index contributed by atoms with van der Waals surface area (Å²) >= 11 is 0. The molecule has 4 N–H and O–H groups in total. The van der Waals surface area contributed by atoms with Crippen LogP contribution in [0.1, 0.15) is 42.6 Å². The van der Waals surface area contributed by atoms with Crippen LogP contribution < -0.4 is 26.6 Å². The zero-order valence-corrected chi connectivity index (χ0v) is 29.4. The van der Waals surface area contributed by atoms with E-state index in [9.17, 15) is 37.5 Å². The molecule has 5 aromatic rings. The third-order valence-corrected chi connectivity index (χ3v) is 10.0. The summed E-state index contributed by atoms with van der Waals surface area (Å²) in [4.78, 5) is 67.0. The molecule has 2 heterocycles. The molecular weight excluding hydrogens is 714 g/mol. The number of anilines is 2. The molecule has 0 aliphatic carbocycles. The van der Waals surface area contributed by atoms with Crippen LogP contribution >= 0.6 is 0 Å². The van der Waals surface area contributed by atoms with Crippen LogP contribution in [0.3, 0.4) is 0 Å². The Morgan fingerprint density at radius 2 is 1.58 bits per heavy atom. The van der Waals surface area contributed by atoms with Gasteiger partial charge in [-0.05, 0) is 66.9 Å². The Hall–Kier alpha value is -6.23. The number of hydrogen-bond donors (Lipinski definition) is 4. The fourth-order valence-corrected chi connectivity index (χ4v) is 6.66. The quantitative estimate of drug-likeness (QED) is 0.138. The van der Waals surface area contributed by atoms with Crippen LogP contribution in [0.2, 0.25) is 0 Å². The predicted octanol–water partition coefficient (Wildman–Crippen LogP) is 3.96. The third kappa shape index (κ3) is 8.14. The zero-order chi connectivity index (χ0) is 38.6. The predicted molar refractivity (Wildman–Crippen MR) is 191 cm³/mol. The number of rotatable bonds is 13. The Morgan fingerprint density at radius 1 is 0.925 bits per heavy atom. The van der Waals surface area contributed by atoms with Crippen molar-refractivity contribution in [2.75, 3.05) is 10.0 Å². The van der Waals surface area contributed by atoms with E-state index < -0.39 is 62.1 Å². The van der Waals surface area contributed by atoms with Crippen molar-refractivity contribution in [3.63, 3.8) is 0 Å². The van der Waals surface area contributed by atoms with Gasteiger partial charge >= 0.3 is 11.7 Å². The molecule has 17 heteroatoms. The SMILES string of the molecule is CCC(CC)C(=O)Nc1ccc(S(=O)(=O)Nc2cc(F)c(C(=O)N[C@@H](Cc3ccc(-n4c(=O)c5ccncc5n(C)c4=O)cc3)C(=O)O)cc2F)cc1. The number of amides is 2. The van der Waals surface area contributed by atoms with Crippen LogP contribution in [0.5, 0.6) is 0 Å². The first-order valence-corrected chi connectivity index (χ1v) is 17.7. The summed E-state index contributed by atoms with van der Waals surface area (Å²) in [7, 11) is -2.96. The van der Waals surface area contributed by atoms with Crippen molar-refractivity contribution in [3.8, 4) is 5.69 Å². The monoisotopic (exact) mass is 748 g/mol. The lowest BCUT2D eigenvalue weighted by Gasteiger charge is -2.16. The van der Waals surface area contributed by atoms with E-state index in [1.165, 1.54) is 78.6 Å². The molecule has 5 rings (SSSR count). The number of fused-ring (bicyclic) bond motifs is 1. The number of sulfonamides is 1. The van der Waals surface area contributed by atoms with E-state index >= 15 is 8.78 Å². The number of halogens is 2. The highest BCUT2D eigenvalue weighted by Gasteiger charge is 2.26. The van der Waals surface area contributed by atoms with Crippen molar-refractivity contribution < 1.29 is 36.7 Å². The fourth-order valence-electron chi connectivity index (χ4n) is 5.60. The summed E-state index contributed by atoms with van der Waals surface area (Å²) in [6, 6.07) is 11.5. The summed E-state index contributed by atoms with van der Waals surface area (Å²) in [5, 5.41) is 14.9. The average Bonchev–Trinajstić information content (AvgIpc) is 3.13. The molecule has 14 nitrogen and oxygen atoms in total. The zero-order valence-electron chi connectivity index (χ0n) is 28.6. The van der Waals surface area contributed by atoms with Crippen LogP contribution in [-0.4, -0.2) is 51.5 Å². The van der Waals surface area contributed by atoms with Crippen molar-refractivity contribution in [2.24, 2.45) is 13.0 Å². The molecule has 2 aromatic heterocycles. The van der Waals surface area contributed by atoms with Crippen molar-refractivity contribution in [2.45, 2.75) is 44.0 Å². The number of benzene rings is 3. The van der Waals surface area contributed by atoms with Gasteiger partial charge in [0.1, 0.15) is 17.7 Å². The van der Waals surface area contributed by atoms with Crippen molar-refractivity contribution in [1.29, 1.82) is 0 Å². The van der Waals surface area contributed by atoms with Crippen LogP contribution in [-0.2, 0) is 33.1 Å². The van der Waals surface area contributed by atoms with E-state index in [0.717, 1.165) is 4.57 Å². The number of aryl methyl sites for hydroxylation is 1. The number of hydrogen-bond acceptors (Lipinski definition) is 8. The molecule has 0 unspecified atom stereocenters. The van der Waals surface area contributed by atoms with Crippen LogP contribution in [0.25, 0.3) is 16.6 Å². The number of nitrogens with zero attached hydrogens (tertiary/aromatic N) is 3. The van der Waals surface area contributed by atoms with Crippen LogP contribution in [0.15, 0.2) is 93.6 Å². The summed E-state index contributed by atoms with van der Waals surface area (Å²) in [6.45, 7) is 3.74. The lowest BCUT2D eigenvalue weighted by molar-refractivity contribution is -0.139. The second kappa shape index (κ2) is 15.6. The molecule has 53 heavy (non-hydrogen) atoms. The maximum absolute atomic E-state index is 15.1. The minimum Gasteiger partial charge on any atom is -0.480 e. The molecule has 0 spiro atoms. The topological polar surface area (TPSA) is 199 Å². The van der Waals surface area contributed by atoms with E-state index in [-0.39, 0.29) is 34.2 Å². The van der Waals surface area contributed by atoms with Gasteiger partial charge in [-0.3, -0.25) is 28.7 Å². The van der Waals surface area contributed by atoms with E-state index in [4.69, 9.17) is 0 Å². The molecule has 276 valence electrons. The smallest absolute Gasteiger partial charge is 0.335 e. The Labute approximate surface area is 301 Å². The van der Waals surface area contributed by atoms with Gasteiger partial charge in [-0.2, -0.15) is 0 Å². The van der Waals surface area contributed by atoms with E-state index in [0.29, 0.717) is 41.7 Å². The highest BCUT2D eigenvalue weighted by molar-refractivity contribution is 7.92. The first kappa shape index (κ1) is 38.0. The molecule has 0 saturated carbocycles. The molecule has 3 aromatic carbocycles. The molecule has 0 saturated heterocycles. The Morgan fingerprint density at radius 3 is 2.21 bits per heavy atom. The third-order valence-electron chi connectivity index (χ3n) is 8.65. The average molecular weight is 749 g/mol. The molecule has 2 amide bonds. The van der Waals surface area contributed by atoms with Gasteiger partial charge in [-0.15, -0.1) is 0 Å². The van der Waals surface area contributed by atoms with Gasteiger partial charge in [0.2, 0.25) is 5.91 Å². The molecule has 0 aliphatic rings. The van der Waals surface area contributed by atoms with E-state index in [2.05, 4.69) is 15.6 Å². The molecule has 0 fully saturated rings. The normalized spacial score (nSPS) is 12.0. The Balaban J connectivity index is 1.28. The maximum Gasteiger partial charge on any atom is 0.335 e. The first-order valence-electron chi connectivity index (χ1n) is 16.3. The lowest BCUT2D eigenvalue weighted by Crippen LogP contribution is -2.42. The van der Waals surface area contributed by atoms with Crippen LogP contribution in [0.4, 0.5) is 20.2 Å². The largest absolute Gasteiger partial charge is 0.480 e. The second-order valence-corrected chi connectivity index (χ2v) is 13.7. The number of pyridine rings is 1. The molecule has 0 bridgehead atoms. The minimum atomic E-state index is -4.45. The lowest BCUT2D eigenvalue weighted by atomic mass is 10.0. The summed E-state index contributed by atoms with van der Waals surface area (Å²) in [5.74, 6) is -5.88. The first-order chi connectivity index (χ1) is 25.1. The highest BCUT2D eigenvalue weighted by atomic mass is 32.2. The van der Waals surface area contributed by atoms with Crippen molar-refractivity contribution >= 4 is 50.1 Å². The minimum absolute atomic E-state index is 0.195. The molecular formula is C36H34F2N6O8S. The summed E-state index contributed by atoms with van der Waals surface area (Å²) < 4.78 is 60.2. The number of carbonyl (C=O) groups is 3. The van der Waals surface area contributed by atoms with Gasteiger partial charge in [0.05, 0.1) is 38.9 Å². The molecule has 0 radical (unpaired) electrons. The maximum atomic E-state index is 15.1. The summed E-state index contributed by atoms with van der Waals surface area (Å²) in [5.41, 5.74) is -1.69. The van der Waals surface area contributed by atoms with E-state index in [1.54, 1.807) is 0 Å². The van der Waals surface area contributed by atoms with Gasteiger partial charge in [0, 0.05) is 37.3 Å². The van der Waals surface area contributed by atoms with Gasteiger partial charge in [0.25, 0.3) is 21.5 Å². The van der Waals surface area contributed by atoms with Crippen molar-refractivity contribution in [3.05, 3.63) is 123 Å². The summed E-state index contributed by atoms with van der Waals surface area (Å²) in [6.07, 6.45) is 3.74. The number of carboxylic acid groups (broad SMARTS) is 1. The number of carboxylic acids is 1. The second-order valence-electron chi connectivity index (χ2n) is 12.1. The van der Waals surface area contributed by atoms with Crippen LogP contribution in [0, 0.1) is 17.6 Å². The van der Waals surface area contributed by atoms with Crippen molar-refractivity contribution in [1.82, 2.24) is 19.4 Å². The Bertz CT molecular complexity index is 2450. The van der Waals surface area contributed by atoms with Gasteiger partial charge < -0.3 is 15.7 Å². The van der Waals surface area contributed by atoms with Gasteiger partial charge in [-0.1, -0.05) is 26.0 Å². The molecule has 1 atom stereocenters. The number of aromatic nitrogens is 3. The highest BCUT2D eigenvalue weighted by Crippen LogP contribution is 2.24. The molecule has 0 aliphatic heterocycles. The van der Waals surface area contributed by atoms with Gasteiger partial charge in [-0.25, -0.2) is 31.4 Å². The fraction of sp³-hybridized carbons (Fsp3) is 0.222.